The molecule has 0 aliphatic carbocycles. The maximum Gasteiger partial charge on any atom is 0.253 e. The molecule has 0 fully saturated rings. The van der Waals surface area contributed by atoms with Crippen LogP contribution in [0.2, 0.25) is 0 Å². The molecule has 0 atom stereocenters. The van der Waals surface area contributed by atoms with Gasteiger partial charge in [-0.3, -0.25) is 4.79 Å². The van der Waals surface area contributed by atoms with Gasteiger partial charge in [-0.15, -0.1) is 0 Å². The number of nitrogens with zero attached hydrogens (tertiary/aromatic N) is 1. The molecule has 134 valence electrons. The van der Waals surface area contributed by atoms with Gasteiger partial charge in [-0.2, -0.15) is 0 Å². The molecule has 2 aromatic carbocycles. The number of likely N-dealkylation sites (N-methyl/N-ethyl adjacent to an activating group) is 1. The molecule has 0 aliphatic heterocycles. The Morgan fingerprint density at radius 2 is 1.60 bits per heavy atom. The van der Waals surface area contributed by atoms with Crippen LogP contribution in [-0.4, -0.2) is 45.7 Å². The molecular weight excluding hydrogens is 386 g/mol. The van der Waals surface area contributed by atoms with Crippen molar-refractivity contribution in [3.63, 3.8) is 0 Å². The molecule has 0 saturated heterocycles. The number of halogens is 1. The lowest BCUT2D eigenvalue weighted by molar-refractivity contribution is 0.0796. The van der Waals surface area contributed by atoms with Crippen LogP contribution in [-0.2, 0) is 6.42 Å². The second-order valence-electron chi connectivity index (χ2n) is 5.52. The van der Waals surface area contributed by atoms with Crippen LogP contribution in [0.25, 0.3) is 0 Å². The summed E-state index contributed by atoms with van der Waals surface area (Å²) in [6, 6.07) is 11.1. The van der Waals surface area contributed by atoms with Gasteiger partial charge in [0.05, 0.1) is 25.8 Å². The standard InChI is InChI=1S/C19H22BrNO4/c1-21(19(22)14-6-8-16(23-2)15(20)12-14)10-9-13-5-7-17(24-3)18(11-13)25-4/h5-8,11-12H,9-10H2,1-4H3. The topological polar surface area (TPSA) is 48.0 Å². The predicted molar refractivity (Wildman–Crippen MR) is 101 cm³/mol. The summed E-state index contributed by atoms with van der Waals surface area (Å²) in [7, 11) is 6.61. The van der Waals surface area contributed by atoms with Gasteiger partial charge in [0.2, 0.25) is 0 Å². The summed E-state index contributed by atoms with van der Waals surface area (Å²) in [5.41, 5.74) is 1.69. The van der Waals surface area contributed by atoms with E-state index in [0.717, 1.165) is 16.5 Å². The van der Waals surface area contributed by atoms with Crippen molar-refractivity contribution < 1.29 is 19.0 Å². The lowest BCUT2D eigenvalue weighted by Gasteiger charge is -2.18. The van der Waals surface area contributed by atoms with Crippen molar-refractivity contribution in [1.82, 2.24) is 4.90 Å². The quantitative estimate of drug-likeness (QED) is 0.700. The third kappa shape index (κ3) is 4.66. The summed E-state index contributed by atoms with van der Waals surface area (Å²) in [5.74, 6) is 2.04. The summed E-state index contributed by atoms with van der Waals surface area (Å²) < 4.78 is 16.5. The first kappa shape index (κ1) is 19.1. The van der Waals surface area contributed by atoms with Crippen molar-refractivity contribution in [2.75, 3.05) is 34.9 Å². The molecule has 2 aromatic rings. The fourth-order valence-electron chi connectivity index (χ4n) is 2.45. The first-order chi connectivity index (χ1) is 12.0. The largest absolute Gasteiger partial charge is 0.496 e. The number of methoxy groups -OCH3 is 3. The van der Waals surface area contributed by atoms with Gasteiger partial charge in [0.1, 0.15) is 5.75 Å². The fourth-order valence-corrected chi connectivity index (χ4v) is 2.99. The fraction of sp³-hybridized carbons (Fsp3) is 0.316. The maximum atomic E-state index is 12.6. The lowest BCUT2D eigenvalue weighted by atomic mass is 10.1. The molecule has 0 N–H and O–H groups in total. The highest BCUT2D eigenvalue weighted by atomic mass is 79.9. The van der Waals surface area contributed by atoms with Crippen LogP contribution >= 0.6 is 15.9 Å². The molecule has 2 rings (SSSR count). The first-order valence-electron chi connectivity index (χ1n) is 7.80. The van der Waals surface area contributed by atoms with Crippen molar-refractivity contribution in [2.24, 2.45) is 0 Å². The highest BCUT2D eigenvalue weighted by Gasteiger charge is 2.14. The summed E-state index contributed by atoms with van der Waals surface area (Å²) in [6.07, 6.45) is 0.722. The van der Waals surface area contributed by atoms with E-state index < -0.39 is 0 Å². The number of hydrogen-bond donors (Lipinski definition) is 0. The molecule has 0 aliphatic rings. The Labute approximate surface area is 156 Å². The molecule has 6 heteroatoms. The van der Waals surface area contributed by atoms with Crippen LogP contribution in [0.5, 0.6) is 17.2 Å². The van der Waals surface area contributed by atoms with E-state index in [1.54, 1.807) is 51.5 Å². The minimum atomic E-state index is -0.0381. The molecule has 0 spiro atoms. The molecule has 1 amide bonds. The Morgan fingerprint density at radius 3 is 2.20 bits per heavy atom. The van der Waals surface area contributed by atoms with Gasteiger partial charge in [0, 0.05) is 19.2 Å². The van der Waals surface area contributed by atoms with Crippen LogP contribution in [0.4, 0.5) is 0 Å². The second-order valence-corrected chi connectivity index (χ2v) is 6.37. The second kappa shape index (κ2) is 8.76. The van der Waals surface area contributed by atoms with Gasteiger partial charge in [-0.1, -0.05) is 6.07 Å². The van der Waals surface area contributed by atoms with Crippen molar-refractivity contribution in [2.45, 2.75) is 6.42 Å². The number of amides is 1. The Bertz CT molecular complexity index is 748. The van der Waals surface area contributed by atoms with Crippen LogP contribution in [0.15, 0.2) is 40.9 Å². The summed E-state index contributed by atoms with van der Waals surface area (Å²) >= 11 is 3.41. The summed E-state index contributed by atoms with van der Waals surface area (Å²) in [6.45, 7) is 0.595. The minimum absolute atomic E-state index is 0.0381. The molecule has 0 aromatic heterocycles. The van der Waals surface area contributed by atoms with Crippen LogP contribution < -0.4 is 14.2 Å². The predicted octanol–water partition coefficient (Wildman–Crippen LogP) is 3.79. The molecule has 25 heavy (non-hydrogen) atoms. The van der Waals surface area contributed by atoms with E-state index in [2.05, 4.69) is 15.9 Å². The number of benzene rings is 2. The van der Waals surface area contributed by atoms with Gasteiger partial charge in [0.25, 0.3) is 5.91 Å². The van der Waals surface area contributed by atoms with Crippen molar-refractivity contribution in [3.8, 4) is 17.2 Å². The Morgan fingerprint density at radius 1 is 0.960 bits per heavy atom. The van der Waals surface area contributed by atoms with Crippen LogP contribution in [0, 0.1) is 0 Å². The maximum absolute atomic E-state index is 12.6. The third-order valence-corrected chi connectivity index (χ3v) is 4.55. The first-order valence-corrected chi connectivity index (χ1v) is 8.59. The Kier molecular flexibility index (Phi) is 6.70. The van der Waals surface area contributed by atoms with E-state index in [1.807, 2.05) is 18.2 Å². The zero-order chi connectivity index (χ0) is 18.4. The van der Waals surface area contributed by atoms with E-state index in [-0.39, 0.29) is 5.91 Å². The minimum Gasteiger partial charge on any atom is -0.496 e. The van der Waals surface area contributed by atoms with Gasteiger partial charge >= 0.3 is 0 Å². The molecular formula is C19H22BrNO4. The van der Waals surface area contributed by atoms with E-state index in [9.17, 15) is 4.79 Å². The van der Waals surface area contributed by atoms with E-state index in [0.29, 0.717) is 29.4 Å². The van der Waals surface area contributed by atoms with Crippen molar-refractivity contribution >= 4 is 21.8 Å². The average molecular weight is 408 g/mol. The lowest BCUT2D eigenvalue weighted by Crippen LogP contribution is -2.28. The molecule has 5 nitrogen and oxygen atoms in total. The number of carbonyl (C=O) groups is 1. The Hall–Kier alpha value is -2.21. The van der Waals surface area contributed by atoms with E-state index >= 15 is 0 Å². The van der Waals surface area contributed by atoms with Gasteiger partial charge in [-0.25, -0.2) is 0 Å². The smallest absolute Gasteiger partial charge is 0.253 e. The number of carbonyl (C=O) groups excluding carboxylic acids is 1. The van der Waals surface area contributed by atoms with Crippen molar-refractivity contribution in [3.05, 3.63) is 52.0 Å². The summed E-state index contributed by atoms with van der Waals surface area (Å²) in [5, 5.41) is 0. The van der Waals surface area contributed by atoms with Crippen LogP contribution in [0.3, 0.4) is 0 Å². The zero-order valence-electron chi connectivity index (χ0n) is 14.8. The number of hydrogen-bond acceptors (Lipinski definition) is 4. The SMILES string of the molecule is COc1ccc(C(=O)N(C)CCc2ccc(OC)c(OC)c2)cc1Br. The average Bonchev–Trinajstić information content (AvgIpc) is 2.64. The van der Waals surface area contributed by atoms with E-state index in [1.165, 1.54) is 0 Å². The number of ether oxygens (including phenoxy) is 3. The summed E-state index contributed by atoms with van der Waals surface area (Å²) in [4.78, 5) is 14.3. The highest BCUT2D eigenvalue weighted by Crippen LogP contribution is 2.28. The molecule has 0 bridgehead atoms. The zero-order valence-corrected chi connectivity index (χ0v) is 16.4. The Balaban J connectivity index is 2.03. The van der Waals surface area contributed by atoms with Gasteiger partial charge in [0.15, 0.2) is 11.5 Å². The monoisotopic (exact) mass is 407 g/mol. The molecule has 0 unspecified atom stereocenters. The molecule has 0 heterocycles. The number of rotatable bonds is 7. The van der Waals surface area contributed by atoms with Crippen LogP contribution in [0.1, 0.15) is 15.9 Å². The highest BCUT2D eigenvalue weighted by molar-refractivity contribution is 9.10. The molecule has 0 saturated carbocycles. The molecule has 0 radical (unpaired) electrons. The van der Waals surface area contributed by atoms with Gasteiger partial charge in [-0.05, 0) is 58.2 Å². The normalized spacial score (nSPS) is 10.3. The van der Waals surface area contributed by atoms with Gasteiger partial charge < -0.3 is 19.1 Å². The van der Waals surface area contributed by atoms with E-state index in [4.69, 9.17) is 14.2 Å². The van der Waals surface area contributed by atoms with Crippen molar-refractivity contribution in [1.29, 1.82) is 0 Å². The third-order valence-electron chi connectivity index (χ3n) is 3.93.